The van der Waals surface area contributed by atoms with Gasteiger partial charge in [-0.25, -0.2) is 9.18 Å². The van der Waals surface area contributed by atoms with Crippen LogP contribution in [0, 0.1) is 11.2 Å². The molecule has 3 aromatic rings. The first-order valence-electron chi connectivity index (χ1n) is 13.7. The lowest BCUT2D eigenvalue weighted by atomic mass is 9.89. The Kier molecular flexibility index (Phi) is 10.3. The molecule has 0 N–H and O–H groups in total. The van der Waals surface area contributed by atoms with Crippen molar-refractivity contribution >= 4 is 10.9 Å². The zero-order valence-electron chi connectivity index (χ0n) is 23.3. The number of unbranched alkanes of at least 4 members (excludes halogenated alkanes) is 8. The maximum Gasteiger partial charge on any atom is 0.330 e. The number of hydrogen-bond acceptors (Lipinski definition) is 3. The van der Waals surface area contributed by atoms with E-state index in [0.29, 0.717) is 34.2 Å². The Balaban J connectivity index is 1.51. The van der Waals surface area contributed by atoms with Crippen LogP contribution in [0.25, 0.3) is 22.2 Å². The zero-order chi connectivity index (χ0) is 27.0. The predicted octanol–water partition coefficient (Wildman–Crippen LogP) is 6.77. The van der Waals surface area contributed by atoms with Crippen LogP contribution in [-0.4, -0.2) is 20.3 Å². The number of rotatable bonds is 14. The van der Waals surface area contributed by atoms with Gasteiger partial charge in [0.1, 0.15) is 12.5 Å². The number of aromatic nitrogens is 3. The van der Waals surface area contributed by atoms with Crippen molar-refractivity contribution in [2.75, 3.05) is 6.61 Å². The van der Waals surface area contributed by atoms with Crippen LogP contribution in [0.5, 0.6) is 0 Å². The Labute approximate surface area is 220 Å². The highest BCUT2D eigenvalue weighted by Crippen LogP contribution is 2.28. The third-order valence-corrected chi connectivity index (χ3v) is 7.06. The highest BCUT2D eigenvalue weighted by Gasteiger charge is 2.19. The molecular weight excluding hydrogens is 469 g/mol. The topological polar surface area (TPSA) is 58.2 Å². The average molecular weight is 514 g/mol. The predicted molar refractivity (Wildman–Crippen MR) is 149 cm³/mol. The third-order valence-electron chi connectivity index (χ3n) is 7.06. The average Bonchev–Trinajstić information content (AvgIpc) is 3.23. The number of halogens is 1. The SMILES string of the molecule is Cn1c(=O)c2c(-c3cccc(F)c3)n(COCCCCCCCCCCCC(C)(C)C)cc2n(C)c1=O. The largest absolute Gasteiger partial charge is 0.361 e. The molecule has 37 heavy (non-hydrogen) atoms. The van der Waals surface area contributed by atoms with Gasteiger partial charge in [-0.2, -0.15) is 0 Å². The van der Waals surface area contributed by atoms with Crippen LogP contribution in [0.2, 0.25) is 0 Å². The highest BCUT2D eigenvalue weighted by molar-refractivity contribution is 5.93. The van der Waals surface area contributed by atoms with E-state index >= 15 is 0 Å². The summed E-state index contributed by atoms with van der Waals surface area (Å²) in [7, 11) is 3.09. The molecule has 0 spiro atoms. The quantitative estimate of drug-likeness (QED) is 0.224. The molecule has 204 valence electrons. The lowest BCUT2D eigenvalue weighted by Gasteiger charge is -2.17. The van der Waals surface area contributed by atoms with Crippen LogP contribution < -0.4 is 11.2 Å². The summed E-state index contributed by atoms with van der Waals surface area (Å²) in [5, 5.41) is 0.386. The van der Waals surface area contributed by atoms with Crippen molar-refractivity contribution in [3.63, 3.8) is 0 Å². The number of aryl methyl sites for hydroxylation is 1. The van der Waals surface area contributed by atoms with E-state index in [1.165, 1.54) is 75.1 Å². The van der Waals surface area contributed by atoms with Gasteiger partial charge in [0.05, 0.1) is 16.6 Å². The molecule has 0 saturated carbocycles. The molecule has 6 nitrogen and oxygen atoms in total. The summed E-state index contributed by atoms with van der Waals surface area (Å²) in [5.74, 6) is -0.383. The molecule has 1 aromatic carbocycles. The van der Waals surface area contributed by atoms with Gasteiger partial charge in [-0.05, 0) is 30.4 Å². The monoisotopic (exact) mass is 513 g/mol. The molecule has 2 heterocycles. The molecule has 0 bridgehead atoms. The molecule has 0 saturated heterocycles. The fourth-order valence-corrected chi connectivity index (χ4v) is 4.90. The van der Waals surface area contributed by atoms with E-state index in [2.05, 4.69) is 20.8 Å². The molecule has 0 aliphatic heterocycles. The van der Waals surface area contributed by atoms with E-state index < -0.39 is 11.2 Å². The maximum atomic E-state index is 14.0. The van der Waals surface area contributed by atoms with E-state index in [4.69, 9.17) is 4.74 Å². The number of benzene rings is 1. The summed E-state index contributed by atoms with van der Waals surface area (Å²) < 4.78 is 24.3. The molecule has 0 amide bonds. The molecule has 0 fully saturated rings. The minimum atomic E-state index is -0.398. The first-order valence-corrected chi connectivity index (χ1v) is 13.7. The lowest BCUT2D eigenvalue weighted by molar-refractivity contribution is 0.0752. The Bertz CT molecular complexity index is 1280. The van der Waals surface area contributed by atoms with Gasteiger partial charge >= 0.3 is 5.69 Å². The Morgan fingerprint density at radius 2 is 1.49 bits per heavy atom. The molecule has 0 aliphatic carbocycles. The van der Waals surface area contributed by atoms with E-state index in [1.54, 1.807) is 29.9 Å². The molecule has 7 heteroatoms. The lowest BCUT2D eigenvalue weighted by Crippen LogP contribution is -2.36. The van der Waals surface area contributed by atoms with Gasteiger partial charge in [0.2, 0.25) is 0 Å². The van der Waals surface area contributed by atoms with Gasteiger partial charge in [-0.1, -0.05) is 84.3 Å². The third kappa shape index (κ3) is 7.91. The second kappa shape index (κ2) is 13.2. The number of fused-ring (bicyclic) bond motifs is 1. The summed E-state index contributed by atoms with van der Waals surface area (Å²) in [5.41, 5.74) is 1.31. The summed E-state index contributed by atoms with van der Waals surface area (Å²) in [6, 6.07) is 6.16. The van der Waals surface area contributed by atoms with Gasteiger partial charge in [-0.15, -0.1) is 0 Å². The van der Waals surface area contributed by atoms with Crippen LogP contribution in [0.1, 0.15) is 85.0 Å². The Morgan fingerprint density at radius 3 is 2.11 bits per heavy atom. The zero-order valence-corrected chi connectivity index (χ0v) is 23.3. The Hall–Kier alpha value is -2.67. The van der Waals surface area contributed by atoms with Crippen LogP contribution in [0.15, 0.2) is 40.1 Å². The van der Waals surface area contributed by atoms with E-state index in [1.807, 2.05) is 0 Å². The fourth-order valence-electron chi connectivity index (χ4n) is 4.90. The number of hydrogen-bond donors (Lipinski definition) is 0. The van der Waals surface area contributed by atoms with Crippen molar-refractivity contribution in [1.29, 1.82) is 0 Å². The van der Waals surface area contributed by atoms with Gasteiger partial charge in [0, 0.05) is 32.5 Å². The van der Waals surface area contributed by atoms with Crippen LogP contribution >= 0.6 is 0 Å². The van der Waals surface area contributed by atoms with Crippen molar-refractivity contribution in [1.82, 2.24) is 13.7 Å². The highest BCUT2D eigenvalue weighted by atomic mass is 19.1. The minimum absolute atomic E-state index is 0.229. The fraction of sp³-hybridized carbons (Fsp3) is 0.600. The van der Waals surface area contributed by atoms with Crippen LogP contribution in [0.4, 0.5) is 4.39 Å². The van der Waals surface area contributed by atoms with Crippen molar-refractivity contribution < 1.29 is 9.13 Å². The van der Waals surface area contributed by atoms with Crippen LogP contribution in [0.3, 0.4) is 0 Å². The molecule has 2 aromatic heterocycles. The smallest absolute Gasteiger partial charge is 0.330 e. The van der Waals surface area contributed by atoms with Crippen molar-refractivity contribution in [2.24, 2.45) is 19.5 Å². The summed E-state index contributed by atoms with van der Waals surface area (Å²) in [6.07, 6.45) is 14.3. The maximum absolute atomic E-state index is 14.0. The molecule has 0 atom stereocenters. The summed E-state index contributed by atoms with van der Waals surface area (Å²) >= 11 is 0. The molecule has 0 aliphatic rings. The van der Waals surface area contributed by atoms with Gasteiger partial charge in [0.15, 0.2) is 0 Å². The van der Waals surface area contributed by atoms with Gasteiger partial charge < -0.3 is 9.30 Å². The van der Waals surface area contributed by atoms with Crippen LogP contribution in [-0.2, 0) is 25.6 Å². The van der Waals surface area contributed by atoms with Gasteiger partial charge in [0.25, 0.3) is 5.56 Å². The van der Waals surface area contributed by atoms with Crippen molar-refractivity contribution in [3.05, 3.63) is 57.1 Å². The van der Waals surface area contributed by atoms with E-state index in [-0.39, 0.29) is 12.5 Å². The van der Waals surface area contributed by atoms with Crippen molar-refractivity contribution in [2.45, 2.75) is 91.7 Å². The minimum Gasteiger partial charge on any atom is -0.361 e. The number of nitrogens with zero attached hydrogens (tertiary/aromatic N) is 3. The first kappa shape index (κ1) is 28.9. The Morgan fingerprint density at radius 1 is 0.865 bits per heavy atom. The first-order chi connectivity index (χ1) is 17.6. The summed E-state index contributed by atoms with van der Waals surface area (Å²) in [6.45, 7) is 7.78. The second-order valence-corrected chi connectivity index (χ2v) is 11.5. The summed E-state index contributed by atoms with van der Waals surface area (Å²) in [4.78, 5) is 25.5. The van der Waals surface area contributed by atoms with Crippen molar-refractivity contribution in [3.8, 4) is 11.3 Å². The van der Waals surface area contributed by atoms with Gasteiger partial charge in [-0.3, -0.25) is 13.9 Å². The molecular formula is C30H44FN3O3. The molecule has 0 unspecified atom stereocenters. The molecule has 3 rings (SSSR count). The van der Waals surface area contributed by atoms with E-state index in [9.17, 15) is 14.0 Å². The number of ether oxygens (including phenoxy) is 1. The normalized spacial score (nSPS) is 12.1. The standard InChI is InChI=1S/C30H44FN3O3/c1-30(2,3)18-13-11-9-7-6-8-10-12-14-19-37-22-34-21-25-26(28(35)33(5)29(36)32(25)4)27(34)23-16-15-17-24(31)20-23/h15-17,20-21H,6-14,18-19,22H2,1-5H3. The second-order valence-electron chi connectivity index (χ2n) is 11.5. The van der Waals surface area contributed by atoms with E-state index in [0.717, 1.165) is 17.4 Å². The molecule has 0 radical (unpaired) electrons.